The fraction of sp³-hybridized carbons (Fsp3) is 0.273. The summed E-state index contributed by atoms with van der Waals surface area (Å²) >= 11 is 6.27. The Bertz CT molecular complexity index is 1980. The van der Waals surface area contributed by atoms with Crippen molar-refractivity contribution in [2.45, 2.75) is 44.8 Å². The van der Waals surface area contributed by atoms with E-state index in [2.05, 4.69) is 0 Å². The van der Waals surface area contributed by atoms with Gasteiger partial charge in [0.15, 0.2) is 5.75 Å². The third-order valence-electron chi connectivity index (χ3n) is 7.75. The molecule has 0 bridgehead atoms. The van der Waals surface area contributed by atoms with Crippen LogP contribution in [0.25, 0.3) is 28.2 Å². The van der Waals surface area contributed by atoms with Crippen LogP contribution >= 0.6 is 11.6 Å². The van der Waals surface area contributed by atoms with Crippen LogP contribution in [0.3, 0.4) is 0 Å². The number of allylic oxidation sites excluding steroid dienone is 2. The van der Waals surface area contributed by atoms with Crippen LogP contribution in [0.2, 0.25) is 5.02 Å². The van der Waals surface area contributed by atoms with Crippen molar-refractivity contribution in [1.29, 1.82) is 0 Å². The minimum Gasteiger partial charge on any atom is -0.456 e. The summed E-state index contributed by atoms with van der Waals surface area (Å²) in [6.07, 6.45) is 4.98. The predicted molar refractivity (Wildman–Crippen MR) is 178 cm³/mol. The highest BCUT2D eigenvalue weighted by atomic mass is 35.5. The monoisotopic (exact) mass is 671 g/mol. The Labute approximate surface area is 268 Å². The molecule has 12 heteroatoms. The molecule has 1 atom stereocenters. The average molecular weight is 672 g/mol. The van der Waals surface area contributed by atoms with E-state index in [9.17, 15) is 25.9 Å². The van der Waals surface area contributed by atoms with Gasteiger partial charge >= 0.3 is 0 Å². The van der Waals surface area contributed by atoms with E-state index in [4.69, 9.17) is 20.8 Å². The van der Waals surface area contributed by atoms with E-state index in [1.165, 1.54) is 6.92 Å². The Morgan fingerprint density at radius 3 is 2.44 bits per heavy atom. The molecule has 2 heterocycles. The van der Waals surface area contributed by atoms with Crippen LogP contribution in [0.1, 0.15) is 44.4 Å². The van der Waals surface area contributed by atoms with E-state index in [0.717, 1.165) is 33.3 Å². The molecule has 9 nitrogen and oxygen atoms in total. The second-order valence-corrected chi connectivity index (χ2v) is 14.8. The van der Waals surface area contributed by atoms with Gasteiger partial charge in [-0.3, -0.25) is 9.11 Å². The number of nitrogens with zero attached hydrogens (tertiary/aromatic N) is 1. The van der Waals surface area contributed by atoms with Gasteiger partial charge in [0.1, 0.15) is 11.3 Å². The number of hydrogen-bond donors (Lipinski definition) is 2. The molecule has 2 N–H and O–H groups in total. The highest BCUT2D eigenvalue weighted by Gasteiger charge is 2.29. The number of aryl methyl sites for hydroxylation is 1. The van der Waals surface area contributed by atoms with E-state index in [0.29, 0.717) is 40.8 Å². The first-order valence-corrected chi connectivity index (χ1v) is 18.0. The van der Waals surface area contributed by atoms with Crippen LogP contribution in [-0.4, -0.2) is 43.5 Å². The summed E-state index contributed by atoms with van der Waals surface area (Å²) in [6.45, 7) is 3.70. The number of anilines is 1. The molecule has 0 fully saturated rings. The van der Waals surface area contributed by atoms with Crippen molar-refractivity contribution >= 4 is 54.6 Å². The van der Waals surface area contributed by atoms with Crippen molar-refractivity contribution in [1.82, 2.24) is 0 Å². The van der Waals surface area contributed by atoms with E-state index < -0.39 is 25.5 Å². The number of furan rings is 1. The Kier molecular flexibility index (Phi) is 9.76. The van der Waals surface area contributed by atoms with Crippen molar-refractivity contribution in [3.8, 4) is 16.9 Å². The molecule has 5 rings (SSSR count). The molecule has 1 unspecified atom stereocenters. The van der Waals surface area contributed by atoms with Gasteiger partial charge < -0.3 is 14.1 Å². The molecule has 3 aromatic carbocycles. The van der Waals surface area contributed by atoms with Gasteiger partial charge in [0.2, 0.25) is 5.88 Å². The van der Waals surface area contributed by atoms with Crippen molar-refractivity contribution in [2.24, 2.45) is 0 Å². The summed E-state index contributed by atoms with van der Waals surface area (Å²) in [5.41, 5.74) is 4.94. The third-order valence-corrected chi connectivity index (χ3v) is 10.0. The Morgan fingerprint density at radius 1 is 1.00 bits per heavy atom. The molecule has 0 spiro atoms. The highest BCUT2D eigenvalue weighted by molar-refractivity contribution is 7.86. The van der Waals surface area contributed by atoms with Crippen molar-refractivity contribution in [3.63, 3.8) is 0 Å². The van der Waals surface area contributed by atoms with Crippen LogP contribution in [-0.2, 0) is 26.7 Å². The molecule has 0 aliphatic carbocycles. The quantitative estimate of drug-likeness (QED) is 0.145. The number of hydrogen-bond acceptors (Lipinski definition) is 7. The molecular weight excluding hydrogens is 638 g/mol. The van der Waals surface area contributed by atoms with Gasteiger partial charge in [-0.25, -0.2) is 0 Å². The molecule has 0 saturated heterocycles. The Morgan fingerprint density at radius 2 is 1.76 bits per heavy atom. The van der Waals surface area contributed by atoms with E-state index in [1.807, 2.05) is 72.5 Å². The number of benzene rings is 3. The zero-order chi connectivity index (χ0) is 32.4. The zero-order valence-corrected chi connectivity index (χ0v) is 27.2. The first kappa shape index (κ1) is 32.8. The van der Waals surface area contributed by atoms with Gasteiger partial charge in [-0.1, -0.05) is 54.9 Å². The third kappa shape index (κ3) is 7.98. The van der Waals surface area contributed by atoms with Gasteiger partial charge in [0.25, 0.3) is 20.2 Å². The molecule has 4 aromatic rings. The summed E-state index contributed by atoms with van der Waals surface area (Å²) in [7, 11) is -8.35. The van der Waals surface area contributed by atoms with Crippen molar-refractivity contribution < 1.29 is 35.1 Å². The smallest absolute Gasteiger partial charge is 0.267 e. The lowest BCUT2D eigenvalue weighted by molar-refractivity contribution is 0.433. The maximum absolute atomic E-state index is 11.8. The van der Waals surface area contributed by atoms with Crippen LogP contribution < -0.4 is 9.64 Å². The SMILES string of the molecule is CCC(/C=C1\Oc2ccc(-c3ccccc3)cc2N1CCC(C)S(=O)(=O)O)=C\c1oc2ccc(Cl)cc2c1CCCS(=O)(=O)O. The Hall–Kier alpha value is -3.61. The lowest BCUT2D eigenvalue weighted by Crippen LogP contribution is -2.27. The number of halogens is 1. The second-order valence-electron chi connectivity index (χ2n) is 10.9. The first-order valence-electron chi connectivity index (χ1n) is 14.5. The normalized spacial score (nSPS) is 15.4. The summed E-state index contributed by atoms with van der Waals surface area (Å²) in [5.74, 6) is 1.24. The van der Waals surface area contributed by atoms with Crippen molar-refractivity contribution in [2.75, 3.05) is 17.2 Å². The van der Waals surface area contributed by atoms with Crippen LogP contribution in [0.15, 0.2) is 88.7 Å². The van der Waals surface area contributed by atoms with Crippen molar-refractivity contribution in [3.05, 3.63) is 101 Å². The summed E-state index contributed by atoms with van der Waals surface area (Å²) in [6, 6.07) is 20.9. The fourth-order valence-electron chi connectivity index (χ4n) is 5.23. The fourth-order valence-corrected chi connectivity index (χ4v) is 6.31. The van der Waals surface area contributed by atoms with E-state index in [-0.39, 0.29) is 25.1 Å². The number of rotatable bonds is 12. The topological polar surface area (TPSA) is 134 Å². The van der Waals surface area contributed by atoms with Gasteiger partial charge in [-0.05, 0) is 85.7 Å². The molecule has 0 radical (unpaired) electrons. The first-order chi connectivity index (χ1) is 21.3. The zero-order valence-electron chi connectivity index (χ0n) is 24.8. The maximum atomic E-state index is 11.8. The molecule has 0 amide bonds. The summed E-state index contributed by atoms with van der Waals surface area (Å²) in [5, 5.41) is 0.286. The molecule has 238 valence electrons. The van der Waals surface area contributed by atoms with E-state index in [1.54, 1.807) is 18.2 Å². The molecule has 1 aliphatic rings. The molecular formula is C33H34ClNO8S2. The minimum atomic E-state index is -4.22. The summed E-state index contributed by atoms with van der Waals surface area (Å²) in [4.78, 5) is 1.90. The highest BCUT2D eigenvalue weighted by Crippen LogP contribution is 2.42. The van der Waals surface area contributed by atoms with Gasteiger partial charge in [0, 0.05) is 28.6 Å². The second kappa shape index (κ2) is 13.4. The van der Waals surface area contributed by atoms with Gasteiger partial charge in [-0.2, -0.15) is 16.8 Å². The standard InChI is InChI=1S/C33H34ClNO8S2/c1-3-23(18-32-27(10-7-17-44(36,37)38)28-21-26(34)12-14-30(28)42-32)19-33-35(16-15-22(2)45(39,40)41)29-20-25(11-13-31(29)43-33)24-8-5-4-6-9-24/h4-6,8-9,11-14,18-22H,3,7,10,15-17H2,1-2H3,(H,36,37,38)(H,39,40,41)/b23-18+,33-19-. The predicted octanol–water partition coefficient (Wildman–Crippen LogP) is 7.77. The lowest BCUT2D eigenvalue weighted by Gasteiger charge is -2.20. The lowest BCUT2D eigenvalue weighted by atomic mass is 10.0. The molecule has 1 aromatic heterocycles. The molecule has 0 saturated carbocycles. The minimum absolute atomic E-state index is 0.155. The molecule has 1 aliphatic heterocycles. The van der Waals surface area contributed by atoms with Crippen LogP contribution in [0.4, 0.5) is 5.69 Å². The number of ether oxygens (including phenoxy) is 1. The summed E-state index contributed by atoms with van der Waals surface area (Å²) < 4.78 is 77.7. The Balaban J connectivity index is 1.54. The number of fused-ring (bicyclic) bond motifs is 2. The van der Waals surface area contributed by atoms with Crippen LogP contribution in [0, 0.1) is 0 Å². The van der Waals surface area contributed by atoms with Crippen LogP contribution in [0.5, 0.6) is 5.75 Å². The molecule has 45 heavy (non-hydrogen) atoms. The average Bonchev–Trinajstić information content (AvgIpc) is 3.50. The maximum Gasteiger partial charge on any atom is 0.267 e. The van der Waals surface area contributed by atoms with E-state index >= 15 is 0 Å². The van der Waals surface area contributed by atoms with Gasteiger partial charge in [-0.15, -0.1) is 0 Å². The largest absolute Gasteiger partial charge is 0.456 e. The van der Waals surface area contributed by atoms with Gasteiger partial charge in [0.05, 0.1) is 16.7 Å².